The van der Waals surface area contributed by atoms with Gasteiger partial charge in [0.05, 0.1) is 18.6 Å². The summed E-state index contributed by atoms with van der Waals surface area (Å²) in [6, 6.07) is 21.2. The third-order valence-corrected chi connectivity index (χ3v) is 7.15. The van der Waals surface area contributed by atoms with E-state index in [1.54, 1.807) is 53.4 Å². The number of nitrogens with zero attached hydrogens (tertiary/aromatic N) is 1. The molecule has 3 atom stereocenters. The quantitative estimate of drug-likeness (QED) is 0.238. The number of anilines is 2. The van der Waals surface area contributed by atoms with Crippen molar-refractivity contribution in [1.29, 1.82) is 0 Å². The van der Waals surface area contributed by atoms with Crippen LogP contribution in [-0.2, 0) is 9.59 Å². The third-order valence-electron chi connectivity index (χ3n) is 6.90. The average molecular weight is 548 g/mol. The zero-order valence-electron chi connectivity index (χ0n) is 22.4. The van der Waals surface area contributed by atoms with Crippen LogP contribution in [0.4, 0.5) is 11.4 Å². The van der Waals surface area contributed by atoms with E-state index in [0.29, 0.717) is 48.0 Å². The Morgan fingerprint density at radius 1 is 1.00 bits per heavy atom. The Morgan fingerprint density at radius 3 is 2.36 bits per heavy atom. The standard InChI is InChI=1S/C31H34ClN3O4/c1-4-33-28(37)10-7-19-39-25-17-11-22(12-18-25)31(38)29-20(2)34-27-9-6-5-8-26(27)30(29)35(21(3)36)24-15-13-23(32)14-16-24/h5-6,8-9,11-18,20,29-30,34H,4,7,10,19H2,1-3H3,(H,33,37)/t20-,29?,30-/m0/s1. The van der Waals surface area contributed by atoms with E-state index in [-0.39, 0.29) is 23.6 Å². The lowest BCUT2D eigenvalue weighted by molar-refractivity contribution is -0.121. The average Bonchev–Trinajstić information content (AvgIpc) is 2.92. The Morgan fingerprint density at radius 2 is 1.69 bits per heavy atom. The van der Waals surface area contributed by atoms with Gasteiger partial charge in [-0.25, -0.2) is 0 Å². The van der Waals surface area contributed by atoms with Crippen molar-refractivity contribution in [2.75, 3.05) is 23.4 Å². The highest BCUT2D eigenvalue weighted by molar-refractivity contribution is 6.30. The molecular formula is C31H34ClN3O4. The first-order valence-electron chi connectivity index (χ1n) is 13.2. The summed E-state index contributed by atoms with van der Waals surface area (Å²) in [6.45, 7) is 6.39. The van der Waals surface area contributed by atoms with E-state index < -0.39 is 12.0 Å². The lowest BCUT2D eigenvalue weighted by atomic mass is 9.77. The number of rotatable bonds is 10. The van der Waals surface area contributed by atoms with Crippen LogP contribution in [0.25, 0.3) is 0 Å². The molecule has 3 aromatic rings. The first kappa shape index (κ1) is 28.2. The highest BCUT2D eigenvalue weighted by Gasteiger charge is 2.44. The molecule has 0 aromatic heterocycles. The number of halogens is 1. The summed E-state index contributed by atoms with van der Waals surface area (Å²) in [6.07, 6.45) is 1.00. The normalized spacial score (nSPS) is 17.9. The van der Waals surface area contributed by atoms with Crippen molar-refractivity contribution in [2.45, 2.75) is 45.7 Å². The molecule has 3 aromatic carbocycles. The minimum atomic E-state index is -0.552. The second-order valence-electron chi connectivity index (χ2n) is 9.65. The molecular weight excluding hydrogens is 514 g/mol. The fourth-order valence-electron chi connectivity index (χ4n) is 5.11. The molecule has 0 saturated heterocycles. The van der Waals surface area contributed by atoms with Gasteiger partial charge in [-0.15, -0.1) is 0 Å². The molecule has 7 nitrogen and oxygen atoms in total. The predicted molar refractivity (Wildman–Crippen MR) is 155 cm³/mol. The van der Waals surface area contributed by atoms with Crippen LogP contribution in [0.15, 0.2) is 72.8 Å². The van der Waals surface area contributed by atoms with Crippen molar-refractivity contribution in [3.05, 3.63) is 88.9 Å². The number of nitrogens with one attached hydrogen (secondary N) is 2. The first-order valence-corrected chi connectivity index (χ1v) is 13.6. The Bertz CT molecular complexity index is 1310. The largest absolute Gasteiger partial charge is 0.494 e. The molecule has 4 rings (SSSR count). The number of hydrogen-bond donors (Lipinski definition) is 2. The Kier molecular flexibility index (Phi) is 9.25. The van der Waals surface area contributed by atoms with Crippen LogP contribution in [0.2, 0.25) is 5.02 Å². The van der Waals surface area contributed by atoms with E-state index in [4.69, 9.17) is 16.3 Å². The van der Waals surface area contributed by atoms with Gasteiger partial charge in [0.15, 0.2) is 5.78 Å². The predicted octanol–water partition coefficient (Wildman–Crippen LogP) is 6.04. The lowest BCUT2D eigenvalue weighted by Gasteiger charge is -2.43. The van der Waals surface area contributed by atoms with Gasteiger partial charge in [-0.05, 0) is 80.4 Å². The molecule has 1 aliphatic rings. The maximum absolute atomic E-state index is 14.1. The number of carbonyl (C=O) groups is 3. The van der Waals surface area contributed by atoms with Gasteiger partial charge >= 0.3 is 0 Å². The zero-order chi connectivity index (χ0) is 27.9. The maximum atomic E-state index is 14.1. The van der Waals surface area contributed by atoms with Gasteiger partial charge < -0.3 is 20.3 Å². The smallest absolute Gasteiger partial charge is 0.224 e. The number of carbonyl (C=O) groups excluding carboxylic acids is 3. The van der Waals surface area contributed by atoms with Gasteiger partial charge in [0, 0.05) is 47.9 Å². The topological polar surface area (TPSA) is 87.7 Å². The Labute approximate surface area is 234 Å². The monoisotopic (exact) mass is 547 g/mol. The van der Waals surface area contributed by atoms with Crippen LogP contribution in [-0.4, -0.2) is 36.8 Å². The van der Waals surface area contributed by atoms with Crippen molar-refractivity contribution in [1.82, 2.24) is 5.32 Å². The van der Waals surface area contributed by atoms with Gasteiger partial charge in [0.1, 0.15) is 5.75 Å². The van der Waals surface area contributed by atoms with Crippen molar-refractivity contribution in [3.8, 4) is 5.75 Å². The van der Waals surface area contributed by atoms with Crippen LogP contribution < -0.4 is 20.3 Å². The number of ether oxygens (including phenoxy) is 1. The molecule has 39 heavy (non-hydrogen) atoms. The molecule has 0 radical (unpaired) electrons. The van der Waals surface area contributed by atoms with Crippen LogP contribution in [0.1, 0.15) is 55.6 Å². The second kappa shape index (κ2) is 12.8. The highest BCUT2D eigenvalue weighted by Crippen LogP contribution is 2.44. The zero-order valence-corrected chi connectivity index (χ0v) is 23.2. The van der Waals surface area contributed by atoms with Crippen molar-refractivity contribution < 1.29 is 19.1 Å². The van der Waals surface area contributed by atoms with E-state index in [9.17, 15) is 14.4 Å². The van der Waals surface area contributed by atoms with Gasteiger partial charge in [-0.3, -0.25) is 14.4 Å². The lowest BCUT2D eigenvalue weighted by Crippen LogP contribution is -2.49. The molecule has 1 heterocycles. The first-order chi connectivity index (χ1) is 18.8. The summed E-state index contributed by atoms with van der Waals surface area (Å²) < 4.78 is 5.77. The maximum Gasteiger partial charge on any atom is 0.224 e. The summed E-state index contributed by atoms with van der Waals surface area (Å²) in [5.41, 5.74) is 2.99. The molecule has 1 unspecified atom stereocenters. The summed E-state index contributed by atoms with van der Waals surface area (Å²) in [4.78, 5) is 40.5. The molecule has 1 aliphatic heterocycles. The molecule has 0 aliphatic carbocycles. The van der Waals surface area contributed by atoms with Crippen LogP contribution >= 0.6 is 11.6 Å². The van der Waals surface area contributed by atoms with Crippen LogP contribution in [0.5, 0.6) is 5.75 Å². The molecule has 8 heteroatoms. The van der Waals surface area contributed by atoms with E-state index in [2.05, 4.69) is 10.6 Å². The van der Waals surface area contributed by atoms with Gasteiger partial charge in [-0.1, -0.05) is 29.8 Å². The highest BCUT2D eigenvalue weighted by atomic mass is 35.5. The number of benzene rings is 3. The summed E-state index contributed by atoms with van der Waals surface area (Å²) in [5, 5.41) is 6.81. The van der Waals surface area contributed by atoms with Crippen molar-refractivity contribution in [3.63, 3.8) is 0 Å². The molecule has 0 saturated carbocycles. The molecule has 2 amide bonds. The minimum absolute atomic E-state index is 0.00610. The van der Waals surface area contributed by atoms with Gasteiger partial charge in [0.25, 0.3) is 0 Å². The van der Waals surface area contributed by atoms with Crippen LogP contribution in [0, 0.1) is 5.92 Å². The van der Waals surface area contributed by atoms with Crippen LogP contribution in [0.3, 0.4) is 0 Å². The third kappa shape index (κ3) is 6.60. The van der Waals surface area contributed by atoms with Gasteiger partial charge in [-0.2, -0.15) is 0 Å². The molecule has 0 bridgehead atoms. The number of fused-ring (bicyclic) bond motifs is 1. The minimum Gasteiger partial charge on any atom is -0.494 e. The fourth-order valence-corrected chi connectivity index (χ4v) is 5.24. The number of para-hydroxylation sites is 1. The summed E-state index contributed by atoms with van der Waals surface area (Å²) >= 11 is 6.13. The number of amides is 2. The van der Waals surface area contributed by atoms with E-state index in [0.717, 1.165) is 11.3 Å². The van der Waals surface area contributed by atoms with Crippen molar-refractivity contribution >= 4 is 40.6 Å². The van der Waals surface area contributed by atoms with Gasteiger partial charge in [0.2, 0.25) is 11.8 Å². The Hall–Kier alpha value is -3.84. The number of ketones is 1. The fraction of sp³-hybridized carbons (Fsp3) is 0.323. The summed E-state index contributed by atoms with van der Waals surface area (Å²) in [5.74, 6) is -0.154. The van der Waals surface area contributed by atoms with E-state index in [1.807, 2.05) is 38.1 Å². The Balaban J connectivity index is 1.60. The second-order valence-corrected chi connectivity index (χ2v) is 10.1. The molecule has 0 fully saturated rings. The van der Waals surface area contributed by atoms with E-state index >= 15 is 0 Å². The number of hydrogen-bond acceptors (Lipinski definition) is 5. The SMILES string of the molecule is CCNC(=O)CCCOc1ccc(C(=O)C2[C@H](C)Nc3ccccc3[C@@H]2N(C(C)=O)c2ccc(Cl)cc2)cc1. The molecule has 2 N–H and O–H groups in total. The molecule has 204 valence electrons. The molecule has 0 spiro atoms. The summed E-state index contributed by atoms with van der Waals surface area (Å²) in [7, 11) is 0. The number of Topliss-reactive ketones (excluding diaryl/α,β-unsaturated/α-hetero) is 1. The van der Waals surface area contributed by atoms with E-state index in [1.165, 1.54) is 6.92 Å². The van der Waals surface area contributed by atoms with Crippen molar-refractivity contribution in [2.24, 2.45) is 5.92 Å².